The number of nitrogens with zero attached hydrogens (tertiary/aromatic N) is 1. The number of piperidine rings is 1. The molecule has 5 fully saturated rings. The van der Waals surface area contributed by atoms with Crippen LogP contribution in [0.15, 0.2) is 0 Å². The van der Waals surface area contributed by atoms with Crippen molar-refractivity contribution in [3.8, 4) is 0 Å². The van der Waals surface area contributed by atoms with Gasteiger partial charge in [0.15, 0.2) is 0 Å². The Balaban J connectivity index is 1.19. The Hall–Kier alpha value is -0.900. The first kappa shape index (κ1) is 23.8. The zero-order valence-electron chi connectivity index (χ0n) is 21.6. The van der Waals surface area contributed by atoms with Crippen LogP contribution >= 0.6 is 0 Å². The Morgan fingerprint density at radius 3 is 2.45 bits per heavy atom. The Kier molecular flexibility index (Phi) is 6.46. The van der Waals surface area contributed by atoms with Crippen LogP contribution < -0.4 is 0 Å². The molecule has 0 aromatic carbocycles. The first-order valence-electron chi connectivity index (χ1n) is 14.1. The van der Waals surface area contributed by atoms with E-state index in [1.807, 2.05) is 0 Å². The third-order valence-electron chi connectivity index (χ3n) is 11.2. The van der Waals surface area contributed by atoms with Crippen molar-refractivity contribution in [3.63, 3.8) is 0 Å². The van der Waals surface area contributed by atoms with Crippen LogP contribution in [0.5, 0.6) is 0 Å². The summed E-state index contributed by atoms with van der Waals surface area (Å²) in [6, 6.07) is 0. The molecule has 0 spiro atoms. The van der Waals surface area contributed by atoms with E-state index >= 15 is 0 Å². The summed E-state index contributed by atoms with van der Waals surface area (Å²) < 4.78 is 6.24. The lowest BCUT2D eigenvalue weighted by Gasteiger charge is -2.60. The lowest BCUT2D eigenvalue weighted by atomic mass is 9.45. The molecule has 4 nitrogen and oxygen atoms in total. The van der Waals surface area contributed by atoms with Gasteiger partial charge in [-0.25, -0.2) is 0 Å². The second-order valence-electron chi connectivity index (χ2n) is 13.5. The quantitative estimate of drug-likeness (QED) is 0.495. The van der Waals surface area contributed by atoms with E-state index in [0.29, 0.717) is 29.5 Å². The number of rotatable bonds is 4. The molecule has 1 aliphatic heterocycles. The fourth-order valence-corrected chi connectivity index (χ4v) is 9.63. The summed E-state index contributed by atoms with van der Waals surface area (Å²) in [6.07, 6.45) is 11.9. The van der Waals surface area contributed by atoms with Crippen LogP contribution in [0.25, 0.3) is 0 Å². The van der Waals surface area contributed by atoms with Gasteiger partial charge in [-0.1, -0.05) is 27.7 Å². The lowest BCUT2D eigenvalue weighted by molar-refractivity contribution is -0.164. The van der Waals surface area contributed by atoms with Gasteiger partial charge in [0.05, 0.1) is 6.42 Å². The third kappa shape index (κ3) is 4.32. The second-order valence-corrected chi connectivity index (χ2v) is 13.5. The van der Waals surface area contributed by atoms with Crippen LogP contribution in [0.1, 0.15) is 98.3 Å². The van der Waals surface area contributed by atoms with Gasteiger partial charge < -0.3 is 9.64 Å². The van der Waals surface area contributed by atoms with E-state index in [-0.39, 0.29) is 17.5 Å². The monoisotopic (exact) mass is 457 g/mol. The summed E-state index contributed by atoms with van der Waals surface area (Å²) in [4.78, 5) is 27.5. The van der Waals surface area contributed by atoms with Gasteiger partial charge in [0.2, 0.25) is 0 Å². The first-order valence-corrected chi connectivity index (χ1v) is 14.1. The number of ketones is 1. The van der Waals surface area contributed by atoms with Crippen molar-refractivity contribution in [2.75, 3.05) is 19.6 Å². The SMILES string of the molecule is C[C@@H]1C[C@H](C)CN(CCC(=O)O[C@H]2CC[C@H]3[C@@H]4CC[C@@H]5CC(=O)CC[C@]5(C)[C@H]4CC[C@]23C)C1. The van der Waals surface area contributed by atoms with Crippen LogP contribution in [-0.4, -0.2) is 42.4 Å². The molecule has 186 valence electrons. The van der Waals surface area contributed by atoms with Gasteiger partial charge in [-0.2, -0.15) is 0 Å². The van der Waals surface area contributed by atoms with Crippen molar-refractivity contribution >= 4 is 11.8 Å². The number of esters is 1. The summed E-state index contributed by atoms with van der Waals surface area (Å²) in [7, 11) is 0. The molecule has 4 saturated carbocycles. The summed E-state index contributed by atoms with van der Waals surface area (Å²) in [5, 5.41) is 0. The average molecular weight is 458 g/mol. The number of hydrogen-bond donors (Lipinski definition) is 0. The molecule has 0 aromatic heterocycles. The molecule has 5 aliphatic rings. The Morgan fingerprint density at radius 2 is 1.70 bits per heavy atom. The van der Waals surface area contributed by atoms with Crippen molar-refractivity contribution in [2.24, 2.45) is 46.3 Å². The molecule has 9 atom stereocenters. The van der Waals surface area contributed by atoms with Gasteiger partial charge in [0.1, 0.15) is 11.9 Å². The predicted molar refractivity (Wildman–Crippen MR) is 131 cm³/mol. The molecule has 0 unspecified atom stereocenters. The number of hydrogen-bond acceptors (Lipinski definition) is 4. The van der Waals surface area contributed by atoms with Gasteiger partial charge in [-0.15, -0.1) is 0 Å². The fourth-order valence-electron chi connectivity index (χ4n) is 9.63. The number of carbonyl (C=O) groups excluding carboxylic acids is 2. The first-order chi connectivity index (χ1) is 15.7. The minimum atomic E-state index is 0.0244. The topological polar surface area (TPSA) is 46.6 Å². The highest BCUT2D eigenvalue weighted by atomic mass is 16.5. The minimum absolute atomic E-state index is 0.0244. The molecular formula is C29H47NO3. The highest BCUT2D eigenvalue weighted by Gasteiger charge is 2.61. The molecule has 0 aromatic rings. The largest absolute Gasteiger partial charge is 0.462 e. The lowest BCUT2D eigenvalue weighted by Crippen LogP contribution is -2.54. The van der Waals surface area contributed by atoms with Crippen molar-refractivity contribution in [3.05, 3.63) is 0 Å². The van der Waals surface area contributed by atoms with E-state index in [1.165, 1.54) is 38.5 Å². The van der Waals surface area contributed by atoms with Crippen molar-refractivity contribution < 1.29 is 14.3 Å². The highest BCUT2D eigenvalue weighted by Crippen LogP contribution is 2.66. The van der Waals surface area contributed by atoms with Crippen LogP contribution in [-0.2, 0) is 14.3 Å². The highest BCUT2D eigenvalue weighted by molar-refractivity contribution is 5.79. The van der Waals surface area contributed by atoms with Gasteiger partial charge in [-0.3, -0.25) is 9.59 Å². The maximum Gasteiger partial charge on any atom is 0.307 e. The van der Waals surface area contributed by atoms with Crippen molar-refractivity contribution in [1.82, 2.24) is 4.90 Å². The molecule has 1 heterocycles. The molecule has 4 aliphatic carbocycles. The number of ether oxygens (including phenoxy) is 1. The standard InChI is InChI=1S/C29H47NO3/c1-19-15-20(2)18-30(17-19)14-11-27(32)33-26-8-7-24-23-6-5-21-16-22(31)9-12-28(21,3)25(23)10-13-29(24,26)4/h19-21,23-26H,5-18H2,1-4H3/t19-,20+,21-,23+,24+,25+,26+,28+,29+/m1/s1. The van der Waals surface area contributed by atoms with E-state index < -0.39 is 0 Å². The third-order valence-corrected chi connectivity index (χ3v) is 11.2. The average Bonchev–Trinajstić information content (AvgIpc) is 3.08. The maximum atomic E-state index is 12.9. The zero-order chi connectivity index (χ0) is 23.4. The molecule has 0 radical (unpaired) electrons. The van der Waals surface area contributed by atoms with Gasteiger partial charge in [-0.05, 0) is 92.3 Å². The van der Waals surface area contributed by atoms with Gasteiger partial charge in [0.25, 0.3) is 0 Å². The van der Waals surface area contributed by atoms with Gasteiger partial charge in [0, 0.05) is 37.9 Å². The molecular weight excluding hydrogens is 410 g/mol. The molecule has 5 rings (SSSR count). The van der Waals surface area contributed by atoms with Crippen LogP contribution in [0.3, 0.4) is 0 Å². The van der Waals surface area contributed by atoms with Gasteiger partial charge >= 0.3 is 5.97 Å². The molecule has 1 saturated heterocycles. The van der Waals surface area contributed by atoms with Crippen LogP contribution in [0.4, 0.5) is 0 Å². The zero-order valence-corrected chi connectivity index (χ0v) is 21.6. The maximum absolute atomic E-state index is 12.9. The van der Waals surface area contributed by atoms with E-state index in [2.05, 4.69) is 32.6 Å². The number of carbonyl (C=O) groups is 2. The summed E-state index contributed by atoms with van der Waals surface area (Å²) in [6.45, 7) is 12.7. The van der Waals surface area contributed by atoms with E-state index in [9.17, 15) is 9.59 Å². The minimum Gasteiger partial charge on any atom is -0.462 e. The molecule has 0 bridgehead atoms. The normalized spacial score (nSPS) is 48.0. The van der Waals surface area contributed by atoms with E-state index in [0.717, 1.165) is 69.0 Å². The Labute approximate surface area is 201 Å². The summed E-state index contributed by atoms with van der Waals surface area (Å²) in [5.41, 5.74) is 0.508. The van der Waals surface area contributed by atoms with Crippen LogP contribution in [0.2, 0.25) is 0 Å². The second kappa shape index (κ2) is 8.95. The van der Waals surface area contributed by atoms with Crippen LogP contribution in [0, 0.1) is 46.3 Å². The predicted octanol–water partition coefficient (Wildman–Crippen LogP) is 5.88. The number of Topliss-reactive ketones (excluding diaryl/α,β-unsaturated/α-hetero) is 1. The molecule has 0 amide bonds. The van der Waals surface area contributed by atoms with E-state index in [1.54, 1.807) is 0 Å². The Morgan fingerprint density at radius 1 is 0.970 bits per heavy atom. The number of fused-ring (bicyclic) bond motifs is 5. The summed E-state index contributed by atoms with van der Waals surface area (Å²) >= 11 is 0. The Bertz CT molecular complexity index is 756. The van der Waals surface area contributed by atoms with Crippen molar-refractivity contribution in [1.29, 1.82) is 0 Å². The number of likely N-dealkylation sites (tertiary alicyclic amines) is 1. The van der Waals surface area contributed by atoms with Crippen molar-refractivity contribution in [2.45, 2.75) is 104 Å². The molecule has 0 N–H and O–H groups in total. The molecule has 33 heavy (non-hydrogen) atoms. The summed E-state index contributed by atoms with van der Waals surface area (Å²) in [5.74, 6) is 4.81. The fraction of sp³-hybridized carbons (Fsp3) is 0.931. The smallest absolute Gasteiger partial charge is 0.307 e. The van der Waals surface area contributed by atoms with E-state index in [4.69, 9.17) is 4.74 Å². The molecule has 4 heteroatoms.